The van der Waals surface area contributed by atoms with Crippen molar-refractivity contribution in [1.82, 2.24) is 0 Å². The summed E-state index contributed by atoms with van der Waals surface area (Å²) in [6, 6.07) is 4.99. The maximum atomic E-state index is 11.3. The third-order valence-corrected chi connectivity index (χ3v) is 1.96. The second-order valence-electron chi connectivity index (χ2n) is 3.02. The summed E-state index contributed by atoms with van der Waals surface area (Å²) in [5.41, 5.74) is 0.453. The fourth-order valence-corrected chi connectivity index (χ4v) is 1.30. The number of methoxy groups -OCH3 is 1. The van der Waals surface area contributed by atoms with Crippen LogP contribution >= 0.6 is 0 Å². The van der Waals surface area contributed by atoms with E-state index >= 15 is 0 Å². The standard InChI is InChI=1S/C12H16O4/c1-4-15-10-7-6-9(12(13)14-3)8-11(10)16-5-2/h6-8H,4-5H2,1-3H3. The number of carbonyl (C=O) groups is 1. The zero-order valence-corrected chi connectivity index (χ0v) is 9.78. The average molecular weight is 224 g/mol. The third-order valence-electron chi connectivity index (χ3n) is 1.96. The second-order valence-corrected chi connectivity index (χ2v) is 3.02. The van der Waals surface area contributed by atoms with Crippen LogP contribution in [-0.4, -0.2) is 26.3 Å². The molecule has 1 aromatic carbocycles. The lowest BCUT2D eigenvalue weighted by Gasteiger charge is -2.11. The van der Waals surface area contributed by atoms with Crippen LogP contribution in [0.3, 0.4) is 0 Å². The lowest BCUT2D eigenvalue weighted by atomic mass is 10.2. The highest BCUT2D eigenvalue weighted by atomic mass is 16.5. The summed E-state index contributed by atoms with van der Waals surface area (Å²) in [7, 11) is 1.35. The third kappa shape index (κ3) is 2.89. The monoisotopic (exact) mass is 224 g/mol. The van der Waals surface area contributed by atoms with E-state index in [2.05, 4.69) is 4.74 Å². The van der Waals surface area contributed by atoms with E-state index in [9.17, 15) is 4.79 Å². The SMILES string of the molecule is CCOc1ccc(C(=O)OC)cc1OCC. The highest BCUT2D eigenvalue weighted by Gasteiger charge is 2.11. The molecule has 0 radical (unpaired) electrons. The minimum atomic E-state index is -0.385. The molecule has 0 bridgehead atoms. The number of ether oxygens (including phenoxy) is 3. The number of hydrogen-bond acceptors (Lipinski definition) is 4. The molecule has 0 fully saturated rings. The summed E-state index contributed by atoms with van der Waals surface area (Å²) in [5, 5.41) is 0. The van der Waals surface area contributed by atoms with Crippen LogP contribution in [0, 0.1) is 0 Å². The first kappa shape index (κ1) is 12.4. The van der Waals surface area contributed by atoms with Crippen LogP contribution in [0.1, 0.15) is 24.2 Å². The minimum absolute atomic E-state index is 0.385. The van der Waals surface area contributed by atoms with Gasteiger partial charge in [-0.2, -0.15) is 0 Å². The van der Waals surface area contributed by atoms with Gasteiger partial charge in [0.05, 0.1) is 25.9 Å². The fourth-order valence-electron chi connectivity index (χ4n) is 1.30. The largest absolute Gasteiger partial charge is 0.490 e. The molecule has 4 heteroatoms. The Morgan fingerprint density at radius 1 is 1.12 bits per heavy atom. The van der Waals surface area contributed by atoms with E-state index in [4.69, 9.17) is 9.47 Å². The Balaban J connectivity index is 3.01. The zero-order valence-electron chi connectivity index (χ0n) is 9.78. The number of rotatable bonds is 5. The molecule has 0 aliphatic rings. The van der Waals surface area contributed by atoms with Gasteiger partial charge in [0.2, 0.25) is 0 Å². The van der Waals surface area contributed by atoms with Gasteiger partial charge >= 0.3 is 5.97 Å². The first-order valence-electron chi connectivity index (χ1n) is 5.20. The Morgan fingerprint density at radius 2 is 1.75 bits per heavy atom. The van der Waals surface area contributed by atoms with Gasteiger partial charge in [0.25, 0.3) is 0 Å². The average Bonchev–Trinajstić information content (AvgIpc) is 2.31. The van der Waals surface area contributed by atoms with Gasteiger partial charge < -0.3 is 14.2 Å². The number of benzene rings is 1. The van der Waals surface area contributed by atoms with Crippen molar-refractivity contribution in [3.05, 3.63) is 23.8 Å². The van der Waals surface area contributed by atoms with E-state index in [-0.39, 0.29) is 5.97 Å². The lowest BCUT2D eigenvalue weighted by molar-refractivity contribution is 0.0600. The van der Waals surface area contributed by atoms with Crippen molar-refractivity contribution in [2.24, 2.45) is 0 Å². The Bertz CT molecular complexity index is 360. The minimum Gasteiger partial charge on any atom is -0.490 e. The Hall–Kier alpha value is -1.71. The molecule has 4 nitrogen and oxygen atoms in total. The van der Waals surface area contributed by atoms with Crippen molar-refractivity contribution in [2.45, 2.75) is 13.8 Å². The normalized spacial score (nSPS) is 9.69. The van der Waals surface area contributed by atoms with Crippen LogP contribution in [0.25, 0.3) is 0 Å². The molecule has 0 aromatic heterocycles. The molecule has 1 rings (SSSR count). The van der Waals surface area contributed by atoms with E-state index in [1.807, 2.05) is 13.8 Å². The van der Waals surface area contributed by atoms with E-state index in [0.29, 0.717) is 30.3 Å². The van der Waals surface area contributed by atoms with Crippen molar-refractivity contribution >= 4 is 5.97 Å². The molecule has 0 saturated heterocycles. The lowest BCUT2D eigenvalue weighted by Crippen LogP contribution is -2.04. The van der Waals surface area contributed by atoms with Crippen molar-refractivity contribution < 1.29 is 19.0 Å². The molecule has 0 unspecified atom stereocenters. The first-order chi connectivity index (χ1) is 7.72. The van der Waals surface area contributed by atoms with Crippen LogP contribution in [0.5, 0.6) is 11.5 Å². The number of esters is 1. The molecule has 0 atom stereocenters. The van der Waals surface area contributed by atoms with E-state index in [1.54, 1.807) is 18.2 Å². The van der Waals surface area contributed by atoms with Crippen LogP contribution in [0.4, 0.5) is 0 Å². The van der Waals surface area contributed by atoms with E-state index < -0.39 is 0 Å². The quantitative estimate of drug-likeness (QED) is 0.720. The molecule has 0 spiro atoms. The molecule has 0 saturated carbocycles. The van der Waals surface area contributed by atoms with E-state index in [1.165, 1.54) is 7.11 Å². The predicted molar refractivity (Wildman–Crippen MR) is 60.1 cm³/mol. The van der Waals surface area contributed by atoms with Crippen molar-refractivity contribution in [1.29, 1.82) is 0 Å². The highest BCUT2D eigenvalue weighted by Crippen LogP contribution is 2.28. The van der Waals surface area contributed by atoms with Gasteiger partial charge in [0, 0.05) is 0 Å². The summed E-state index contributed by atoms with van der Waals surface area (Å²) in [6.45, 7) is 4.84. The van der Waals surface area contributed by atoms with Gasteiger partial charge in [0.1, 0.15) is 0 Å². The van der Waals surface area contributed by atoms with Crippen molar-refractivity contribution in [2.75, 3.05) is 20.3 Å². The summed E-state index contributed by atoms with van der Waals surface area (Å²) in [6.07, 6.45) is 0. The van der Waals surface area contributed by atoms with Crippen LogP contribution in [0.15, 0.2) is 18.2 Å². The van der Waals surface area contributed by atoms with Gasteiger partial charge in [0.15, 0.2) is 11.5 Å². The Kier molecular flexibility index (Phi) is 4.64. The van der Waals surface area contributed by atoms with Gasteiger partial charge in [-0.15, -0.1) is 0 Å². The maximum Gasteiger partial charge on any atom is 0.337 e. The van der Waals surface area contributed by atoms with Gasteiger partial charge in [-0.1, -0.05) is 0 Å². The number of carbonyl (C=O) groups excluding carboxylic acids is 1. The fraction of sp³-hybridized carbons (Fsp3) is 0.417. The molecule has 0 aliphatic carbocycles. The Labute approximate surface area is 95.1 Å². The summed E-state index contributed by atoms with van der Waals surface area (Å²) >= 11 is 0. The zero-order chi connectivity index (χ0) is 12.0. The molecule has 0 amide bonds. The topological polar surface area (TPSA) is 44.8 Å². The molecule has 0 heterocycles. The van der Waals surface area contributed by atoms with Crippen molar-refractivity contribution in [3.8, 4) is 11.5 Å². The smallest absolute Gasteiger partial charge is 0.337 e. The van der Waals surface area contributed by atoms with Crippen LogP contribution in [-0.2, 0) is 4.74 Å². The van der Waals surface area contributed by atoms with Crippen LogP contribution in [0.2, 0.25) is 0 Å². The van der Waals surface area contributed by atoms with Gasteiger partial charge in [-0.3, -0.25) is 0 Å². The Morgan fingerprint density at radius 3 is 2.31 bits per heavy atom. The summed E-state index contributed by atoms with van der Waals surface area (Å²) < 4.78 is 15.4. The number of hydrogen-bond donors (Lipinski definition) is 0. The molecule has 88 valence electrons. The molecule has 0 aliphatic heterocycles. The second kappa shape index (κ2) is 6.00. The summed E-state index contributed by atoms with van der Waals surface area (Å²) in [4.78, 5) is 11.3. The first-order valence-corrected chi connectivity index (χ1v) is 5.20. The molecular formula is C12H16O4. The molecular weight excluding hydrogens is 208 g/mol. The maximum absolute atomic E-state index is 11.3. The predicted octanol–water partition coefficient (Wildman–Crippen LogP) is 2.27. The van der Waals surface area contributed by atoms with Crippen molar-refractivity contribution in [3.63, 3.8) is 0 Å². The van der Waals surface area contributed by atoms with Gasteiger partial charge in [-0.25, -0.2) is 4.79 Å². The highest BCUT2D eigenvalue weighted by molar-refractivity contribution is 5.90. The summed E-state index contributed by atoms with van der Waals surface area (Å²) in [5.74, 6) is 0.813. The molecule has 16 heavy (non-hydrogen) atoms. The van der Waals surface area contributed by atoms with Gasteiger partial charge in [-0.05, 0) is 32.0 Å². The molecule has 1 aromatic rings. The van der Waals surface area contributed by atoms with E-state index in [0.717, 1.165) is 0 Å². The molecule has 0 N–H and O–H groups in total. The van der Waals surface area contributed by atoms with Crippen LogP contribution < -0.4 is 9.47 Å².